The third-order valence-corrected chi connectivity index (χ3v) is 5.07. The SMILES string of the molecule is Cc1ccc(C(=O)NNN(N)C(=O)c2ccc(C)c(Br)c2)cc1Br. The van der Waals surface area contributed by atoms with Crippen LogP contribution in [0.4, 0.5) is 0 Å². The normalized spacial score (nSPS) is 10.4. The van der Waals surface area contributed by atoms with E-state index in [0.717, 1.165) is 25.2 Å². The lowest BCUT2D eigenvalue weighted by Crippen LogP contribution is -2.55. The second kappa shape index (κ2) is 7.89. The number of rotatable bonds is 4. The van der Waals surface area contributed by atoms with Crippen LogP contribution < -0.4 is 16.8 Å². The van der Waals surface area contributed by atoms with Crippen molar-refractivity contribution in [1.82, 2.24) is 16.1 Å². The maximum absolute atomic E-state index is 12.2. The minimum Gasteiger partial charge on any atom is -0.268 e. The first-order chi connectivity index (χ1) is 11.3. The van der Waals surface area contributed by atoms with Gasteiger partial charge in [-0.05, 0) is 49.2 Å². The molecule has 8 heteroatoms. The Bertz CT molecular complexity index is 796. The Kier molecular flexibility index (Phi) is 6.11. The number of carbonyl (C=O) groups is 2. The zero-order valence-corrected chi connectivity index (χ0v) is 16.2. The molecule has 0 fully saturated rings. The van der Waals surface area contributed by atoms with Crippen molar-refractivity contribution >= 4 is 43.7 Å². The van der Waals surface area contributed by atoms with Crippen LogP contribution in [0.2, 0.25) is 0 Å². The molecular formula is C16H16Br2N4O2. The van der Waals surface area contributed by atoms with Crippen molar-refractivity contribution in [1.29, 1.82) is 0 Å². The largest absolute Gasteiger partial charge is 0.284 e. The summed E-state index contributed by atoms with van der Waals surface area (Å²) in [5.74, 6) is 4.75. The highest BCUT2D eigenvalue weighted by molar-refractivity contribution is 9.10. The molecule has 0 aliphatic carbocycles. The predicted octanol–water partition coefficient (Wildman–Crippen LogP) is 2.99. The minimum absolute atomic E-state index is 0.384. The Morgan fingerprint density at radius 1 is 0.958 bits per heavy atom. The van der Waals surface area contributed by atoms with E-state index in [-0.39, 0.29) is 0 Å². The smallest absolute Gasteiger partial charge is 0.268 e. The molecular weight excluding hydrogens is 440 g/mol. The average molecular weight is 456 g/mol. The van der Waals surface area contributed by atoms with Gasteiger partial charge in [0.2, 0.25) is 0 Å². The Labute approximate surface area is 156 Å². The molecule has 0 aliphatic rings. The van der Waals surface area contributed by atoms with Gasteiger partial charge in [-0.2, -0.15) is 5.12 Å². The van der Waals surface area contributed by atoms with Gasteiger partial charge < -0.3 is 0 Å². The molecule has 0 unspecified atom stereocenters. The van der Waals surface area contributed by atoms with E-state index >= 15 is 0 Å². The second-order valence-corrected chi connectivity index (χ2v) is 6.88. The maximum atomic E-state index is 12.2. The summed E-state index contributed by atoms with van der Waals surface area (Å²) in [4.78, 5) is 24.3. The number of hydrogen-bond acceptors (Lipinski definition) is 4. The number of nitrogens with two attached hydrogens (primary N) is 1. The molecule has 0 saturated carbocycles. The zero-order chi connectivity index (χ0) is 17.9. The molecule has 126 valence electrons. The van der Waals surface area contributed by atoms with E-state index < -0.39 is 11.8 Å². The molecule has 0 aromatic heterocycles. The number of carbonyl (C=O) groups excluding carboxylic acids is 2. The van der Waals surface area contributed by atoms with Crippen molar-refractivity contribution in [2.24, 2.45) is 5.84 Å². The maximum Gasteiger partial charge on any atom is 0.284 e. The van der Waals surface area contributed by atoms with Gasteiger partial charge in [0.1, 0.15) is 0 Å². The first-order valence-corrected chi connectivity index (χ1v) is 8.55. The standard InChI is InChI=1S/C16H16Br2N4O2/c1-9-3-5-11(7-13(9)17)15(23)20-21-22(19)16(24)12-6-4-10(2)14(18)8-12/h3-8,21H,19H2,1-2H3,(H,20,23). The van der Waals surface area contributed by atoms with Crippen molar-refractivity contribution in [3.63, 3.8) is 0 Å². The van der Waals surface area contributed by atoms with Gasteiger partial charge in [-0.1, -0.05) is 44.0 Å². The van der Waals surface area contributed by atoms with Gasteiger partial charge in [0.05, 0.1) is 0 Å². The van der Waals surface area contributed by atoms with Gasteiger partial charge in [-0.15, -0.1) is 5.53 Å². The Balaban J connectivity index is 1.99. The quantitative estimate of drug-likeness (QED) is 0.375. The minimum atomic E-state index is -0.485. The second-order valence-electron chi connectivity index (χ2n) is 5.17. The van der Waals surface area contributed by atoms with Gasteiger partial charge in [-0.3, -0.25) is 15.0 Å². The van der Waals surface area contributed by atoms with Crippen molar-refractivity contribution in [2.45, 2.75) is 13.8 Å². The molecule has 4 N–H and O–H groups in total. The van der Waals surface area contributed by atoms with Gasteiger partial charge in [0.15, 0.2) is 0 Å². The number of hydrazine groups is 3. The third-order valence-electron chi connectivity index (χ3n) is 3.36. The summed E-state index contributed by atoms with van der Waals surface area (Å²) in [6.07, 6.45) is 0. The van der Waals surface area contributed by atoms with Crippen LogP contribution >= 0.6 is 31.9 Å². The van der Waals surface area contributed by atoms with E-state index in [1.807, 2.05) is 19.9 Å². The molecule has 2 aromatic rings. The van der Waals surface area contributed by atoms with Crippen LogP contribution in [0.3, 0.4) is 0 Å². The van der Waals surface area contributed by atoms with E-state index in [9.17, 15) is 9.59 Å². The molecule has 0 radical (unpaired) electrons. The number of hydrogen-bond donors (Lipinski definition) is 3. The number of benzene rings is 2. The fourth-order valence-corrected chi connectivity index (χ4v) is 2.59. The summed E-state index contributed by atoms with van der Waals surface area (Å²) in [7, 11) is 0. The number of nitrogens with zero attached hydrogens (tertiary/aromatic N) is 1. The molecule has 2 aromatic carbocycles. The Hall–Kier alpha value is -1.74. The summed E-state index contributed by atoms with van der Waals surface area (Å²) in [6.45, 7) is 3.83. The first kappa shape index (κ1) is 18.6. The van der Waals surface area contributed by atoms with E-state index in [1.54, 1.807) is 30.3 Å². The summed E-state index contributed by atoms with van der Waals surface area (Å²) in [5, 5.41) is 0.720. The third kappa shape index (κ3) is 4.41. The van der Waals surface area contributed by atoms with Crippen molar-refractivity contribution in [2.75, 3.05) is 0 Å². The summed E-state index contributed by atoms with van der Waals surface area (Å²) in [6, 6.07) is 10.3. The fourth-order valence-electron chi connectivity index (χ4n) is 1.83. The van der Waals surface area contributed by atoms with Gasteiger partial charge in [-0.25, -0.2) is 5.84 Å². The van der Waals surface area contributed by atoms with Crippen LogP contribution in [0, 0.1) is 13.8 Å². The number of halogens is 2. The molecule has 0 heterocycles. The lowest BCUT2D eigenvalue weighted by atomic mass is 10.1. The monoisotopic (exact) mass is 454 g/mol. The van der Waals surface area contributed by atoms with Crippen LogP contribution in [0.15, 0.2) is 45.3 Å². The van der Waals surface area contributed by atoms with Crippen molar-refractivity contribution in [3.05, 3.63) is 67.6 Å². The topological polar surface area (TPSA) is 87.5 Å². The molecule has 0 saturated heterocycles. The zero-order valence-electron chi connectivity index (χ0n) is 13.1. The van der Waals surface area contributed by atoms with Gasteiger partial charge in [0.25, 0.3) is 11.8 Å². The lowest BCUT2D eigenvalue weighted by Gasteiger charge is -2.18. The van der Waals surface area contributed by atoms with Crippen LogP contribution in [0.1, 0.15) is 31.8 Å². The van der Waals surface area contributed by atoms with Crippen LogP contribution in [0.5, 0.6) is 0 Å². The molecule has 0 bridgehead atoms. The van der Waals surface area contributed by atoms with E-state index in [4.69, 9.17) is 5.84 Å². The predicted molar refractivity (Wildman–Crippen MR) is 98.7 cm³/mol. The summed E-state index contributed by atoms with van der Waals surface area (Å²) >= 11 is 6.73. The van der Waals surface area contributed by atoms with Crippen LogP contribution in [-0.4, -0.2) is 16.9 Å². The van der Waals surface area contributed by atoms with E-state index in [1.165, 1.54) is 0 Å². The van der Waals surface area contributed by atoms with E-state index in [2.05, 4.69) is 42.8 Å². The average Bonchev–Trinajstić information content (AvgIpc) is 2.56. The highest BCUT2D eigenvalue weighted by Gasteiger charge is 2.15. The molecule has 0 spiro atoms. The van der Waals surface area contributed by atoms with E-state index in [0.29, 0.717) is 11.1 Å². The first-order valence-electron chi connectivity index (χ1n) is 6.97. The summed E-state index contributed by atoms with van der Waals surface area (Å²) in [5.41, 5.74) is 7.59. The van der Waals surface area contributed by atoms with Crippen LogP contribution in [-0.2, 0) is 0 Å². The Morgan fingerprint density at radius 3 is 2.00 bits per heavy atom. The molecule has 2 rings (SSSR count). The van der Waals surface area contributed by atoms with Crippen molar-refractivity contribution in [3.8, 4) is 0 Å². The lowest BCUT2D eigenvalue weighted by molar-refractivity contribution is 0.0580. The molecule has 0 atom stereocenters. The van der Waals surface area contributed by atoms with Gasteiger partial charge >= 0.3 is 0 Å². The number of nitrogens with one attached hydrogen (secondary N) is 2. The molecule has 24 heavy (non-hydrogen) atoms. The highest BCUT2D eigenvalue weighted by atomic mass is 79.9. The number of amides is 2. The fraction of sp³-hybridized carbons (Fsp3) is 0.125. The molecule has 2 amide bonds. The van der Waals surface area contributed by atoms with Crippen molar-refractivity contribution < 1.29 is 9.59 Å². The highest BCUT2D eigenvalue weighted by Crippen LogP contribution is 2.18. The molecule has 0 aliphatic heterocycles. The number of aryl methyl sites for hydroxylation is 2. The summed E-state index contributed by atoms with van der Waals surface area (Å²) < 4.78 is 1.62. The Morgan fingerprint density at radius 2 is 1.46 bits per heavy atom. The molecule has 6 nitrogen and oxygen atoms in total. The van der Waals surface area contributed by atoms with Crippen LogP contribution in [0.25, 0.3) is 0 Å². The van der Waals surface area contributed by atoms with Gasteiger partial charge in [0, 0.05) is 20.1 Å².